The van der Waals surface area contributed by atoms with Crippen LogP contribution in [0.15, 0.2) is 36.5 Å². The Kier molecular flexibility index (Phi) is 8.19. The van der Waals surface area contributed by atoms with Crippen molar-refractivity contribution in [2.75, 3.05) is 25.6 Å². The van der Waals surface area contributed by atoms with E-state index in [-0.39, 0.29) is 35.7 Å². The van der Waals surface area contributed by atoms with Crippen LogP contribution in [-0.2, 0) is 16.0 Å². The fourth-order valence-electron chi connectivity index (χ4n) is 2.61. The molecule has 1 aliphatic heterocycles. The number of ether oxygens (including phenoxy) is 1. The van der Waals surface area contributed by atoms with Crippen LogP contribution in [0.1, 0.15) is 22.5 Å². The average Bonchev–Trinajstić information content (AvgIpc) is 3.19. The molecule has 4 N–H and O–H groups in total. The number of anilines is 1. The van der Waals surface area contributed by atoms with Crippen molar-refractivity contribution in [1.82, 2.24) is 10.3 Å². The number of carbonyl (C=O) groups is 2. The molecule has 2 amide bonds. The van der Waals surface area contributed by atoms with Gasteiger partial charge in [0.25, 0.3) is 5.91 Å². The van der Waals surface area contributed by atoms with E-state index in [1.54, 1.807) is 12.1 Å². The average molecular weight is 408 g/mol. The Morgan fingerprint density at radius 2 is 2.07 bits per heavy atom. The lowest BCUT2D eigenvalue weighted by molar-refractivity contribution is -0.115. The number of aliphatic hydroxyl groups excluding tert-OH is 1. The van der Waals surface area contributed by atoms with E-state index < -0.39 is 0 Å². The number of carbonyl (C=O) groups excluding carboxylic acids is 2. The number of pyridine rings is 1. The number of hydrogen-bond acceptors (Lipinski definition) is 6. The highest BCUT2D eigenvalue weighted by Crippen LogP contribution is 2.22. The minimum absolute atomic E-state index is 0.00173. The largest absolute Gasteiger partial charge is 0.508 e. The normalized spacial score (nSPS) is 15.3. The van der Waals surface area contributed by atoms with Gasteiger partial charge in [-0.25, -0.2) is 0 Å². The van der Waals surface area contributed by atoms with Crippen LogP contribution >= 0.6 is 11.6 Å². The van der Waals surface area contributed by atoms with E-state index in [9.17, 15) is 14.7 Å². The Morgan fingerprint density at radius 1 is 1.29 bits per heavy atom. The lowest BCUT2D eigenvalue weighted by atomic mass is 10.1. The lowest BCUT2D eigenvalue weighted by Crippen LogP contribution is -2.35. The number of nitrogens with zero attached hydrogens (tertiary/aromatic N) is 1. The number of amides is 2. The maximum atomic E-state index is 12.2. The Balaban J connectivity index is 0.00000136. The fourth-order valence-corrected chi connectivity index (χ4v) is 2.81. The zero-order valence-corrected chi connectivity index (χ0v) is 16.1. The third-order valence-electron chi connectivity index (χ3n) is 3.93. The van der Waals surface area contributed by atoms with Gasteiger partial charge < -0.3 is 25.6 Å². The van der Waals surface area contributed by atoms with Crippen molar-refractivity contribution in [2.24, 2.45) is 0 Å². The minimum Gasteiger partial charge on any atom is -0.508 e. The van der Waals surface area contributed by atoms with E-state index in [1.165, 1.54) is 24.4 Å². The monoisotopic (exact) mass is 407 g/mol. The molecule has 1 unspecified atom stereocenters. The number of aromatic nitrogens is 1. The van der Waals surface area contributed by atoms with Crippen molar-refractivity contribution in [3.8, 4) is 5.75 Å². The molecule has 0 aliphatic carbocycles. The summed E-state index contributed by atoms with van der Waals surface area (Å²) in [5, 5.41) is 22.8. The predicted molar refractivity (Wildman–Crippen MR) is 105 cm³/mol. The molecule has 1 fully saturated rings. The number of phenolic OH excluding ortho intramolecular Hbond substituents is 1. The maximum Gasteiger partial charge on any atom is 0.270 e. The number of phenols is 1. The number of aliphatic hydroxyl groups is 1. The van der Waals surface area contributed by atoms with E-state index in [0.29, 0.717) is 29.5 Å². The molecule has 1 saturated heterocycles. The number of aromatic hydroxyl groups is 1. The first kappa shape index (κ1) is 21.6. The van der Waals surface area contributed by atoms with Crippen LogP contribution in [0.5, 0.6) is 5.75 Å². The third-order valence-corrected chi connectivity index (χ3v) is 4.17. The van der Waals surface area contributed by atoms with Gasteiger partial charge in [-0.3, -0.25) is 14.6 Å². The molecule has 150 valence electrons. The molecule has 28 heavy (non-hydrogen) atoms. The summed E-state index contributed by atoms with van der Waals surface area (Å²) in [5.41, 5.74) is 1.07. The fraction of sp³-hybridized carbons (Fsp3) is 0.316. The molecule has 1 aromatic heterocycles. The molecule has 2 aromatic rings. The topological polar surface area (TPSA) is 121 Å². The second kappa shape index (κ2) is 10.6. The third kappa shape index (κ3) is 6.19. The van der Waals surface area contributed by atoms with Crippen LogP contribution < -0.4 is 10.6 Å². The van der Waals surface area contributed by atoms with E-state index in [4.69, 9.17) is 21.4 Å². The van der Waals surface area contributed by atoms with Crippen molar-refractivity contribution in [3.63, 3.8) is 0 Å². The highest BCUT2D eigenvalue weighted by molar-refractivity contribution is 6.30. The van der Waals surface area contributed by atoms with Crippen LogP contribution in [0.3, 0.4) is 0 Å². The number of rotatable bonds is 5. The molecule has 2 heterocycles. The van der Waals surface area contributed by atoms with Gasteiger partial charge in [0.05, 0.1) is 19.1 Å². The van der Waals surface area contributed by atoms with E-state index >= 15 is 0 Å². The molecular formula is C19H22ClN3O5. The van der Waals surface area contributed by atoms with Gasteiger partial charge >= 0.3 is 0 Å². The minimum atomic E-state index is -0.343. The maximum absolute atomic E-state index is 12.2. The number of benzene rings is 1. The second-order valence-corrected chi connectivity index (χ2v) is 6.40. The molecule has 3 rings (SSSR count). The van der Waals surface area contributed by atoms with Crippen molar-refractivity contribution in [2.45, 2.75) is 18.9 Å². The second-order valence-electron chi connectivity index (χ2n) is 5.96. The van der Waals surface area contributed by atoms with Gasteiger partial charge in [-0.2, -0.15) is 0 Å². The first-order valence-corrected chi connectivity index (χ1v) is 8.95. The summed E-state index contributed by atoms with van der Waals surface area (Å²) in [6, 6.07) is 7.58. The molecule has 0 spiro atoms. The molecular weight excluding hydrogens is 386 g/mol. The number of halogens is 1. The molecule has 1 atom stereocenters. The van der Waals surface area contributed by atoms with E-state index in [1.807, 2.05) is 0 Å². The van der Waals surface area contributed by atoms with Crippen LogP contribution in [0.25, 0.3) is 0 Å². The van der Waals surface area contributed by atoms with Crippen molar-refractivity contribution >= 4 is 29.1 Å². The van der Waals surface area contributed by atoms with Gasteiger partial charge in [0.15, 0.2) is 0 Å². The van der Waals surface area contributed by atoms with Gasteiger partial charge in [-0.1, -0.05) is 11.6 Å². The number of hydrogen-bond donors (Lipinski definition) is 4. The zero-order valence-electron chi connectivity index (χ0n) is 15.3. The highest BCUT2D eigenvalue weighted by Gasteiger charge is 2.19. The molecule has 8 nitrogen and oxygen atoms in total. The molecule has 0 radical (unpaired) electrons. The Morgan fingerprint density at radius 3 is 2.79 bits per heavy atom. The molecule has 9 heteroatoms. The summed E-state index contributed by atoms with van der Waals surface area (Å²) in [5.74, 6) is -0.661. The standard InChI is InChI=1S/C18H18ClN3O4.CH4O/c19-12-1-2-16(23)11(7-12)8-17(24)21-13-3-5-20-15(9-13)18(25)22-14-4-6-26-10-14;1-2/h1-3,5,7,9,14,23H,4,6,8,10H2,(H,22,25)(H,20,21,24);2H,1H3. The first-order valence-electron chi connectivity index (χ1n) is 8.58. The quantitative estimate of drug-likeness (QED) is 0.599. The first-order chi connectivity index (χ1) is 13.5. The Bertz CT molecular complexity index is 825. The van der Waals surface area contributed by atoms with Gasteiger partial charge in [0.2, 0.25) is 5.91 Å². The SMILES string of the molecule is CO.O=C(Cc1cc(Cl)ccc1O)Nc1ccnc(C(=O)NC2CCOC2)c1. The molecule has 1 aromatic carbocycles. The van der Waals surface area contributed by atoms with Gasteiger partial charge in [-0.05, 0) is 36.8 Å². The summed E-state index contributed by atoms with van der Waals surface area (Å²) >= 11 is 5.88. The summed E-state index contributed by atoms with van der Waals surface area (Å²) < 4.78 is 5.22. The smallest absolute Gasteiger partial charge is 0.270 e. The van der Waals surface area contributed by atoms with Crippen molar-refractivity contribution < 1.29 is 24.5 Å². The summed E-state index contributed by atoms with van der Waals surface area (Å²) in [4.78, 5) is 28.5. The van der Waals surface area contributed by atoms with Gasteiger partial charge in [-0.15, -0.1) is 0 Å². The van der Waals surface area contributed by atoms with Crippen molar-refractivity contribution in [1.29, 1.82) is 0 Å². The summed E-state index contributed by atoms with van der Waals surface area (Å²) in [6.45, 7) is 1.12. The number of nitrogens with one attached hydrogen (secondary N) is 2. The Labute approximate surface area is 167 Å². The van der Waals surface area contributed by atoms with Gasteiger partial charge in [0, 0.05) is 36.2 Å². The molecule has 0 bridgehead atoms. The summed E-state index contributed by atoms with van der Waals surface area (Å²) in [7, 11) is 1.00. The van der Waals surface area contributed by atoms with Crippen LogP contribution in [0, 0.1) is 0 Å². The van der Waals surface area contributed by atoms with Gasteiger partial charge in [0.1, 0.15) is 11.4 Å². The molecule has 1 aliphatic rings. The van der Waals surface area contributed by atoms with Crippen molar-refractivity contribution in [3.05, 3.63) is 52.8 Å². The predicted octanol–water partition coefficient (Wildman–Crippen LogP) is 1.75. The lowest BCUT2D eigenvalue weighted by Gasteiger charge is -2.11. The van der Waals surface area contributed by atoms with E-state index in [2.05, 4.69) is 15.6 Å². The van der Waals surface area contributed by atoms with Crippen LogP contribution in [0.2, 0.25) is 5.02 Å². The Hall–Kier alpha value is -2.68. The highest BCUT2D eigenvalue weighted by atomic mass is 35.5. The van der Waals surface area contributed by atoms with Crippen LogP contribution in [0.4, 0.5) is 5.69 Å². The molecule has 0 saturated carbocycles. The van der Waals surface area contributed by atoms with E-state index in [0.717, 1.165) is 13.5 Å². The van der Waals surface area contributed by atoms with Crippen LogP contribution in [-0.4, -0.2) is 53.4 Å². The summed E-state index contributed by atoms with van der Waals surface area (Å²) in [6.07, 6.45) is 2.17. The zero-order chi connectivity index (χ0) is 20.5.